The van der Waals surface area contributed by atoms with Crippen LogP contribution in [0.25, 0.3) is 22.5 Å². The number of hydrogen-bond donors (Lipinski definition) is 2. The third-order valence-electron chi connectivity index (χ3n) is 5.05. The number of aromatic nitrogens is 2. The molecule has 0 atom stereocenters. The molecule has 0 spiro atoms. The molecule has 0 saturated heterocycles. The molecule has 4 rings (SSSR count). The fourth-order valence-corrected chi connectivity index (χ4v) is 3.47. The first kappa shape index (κ1) is 23.2. The van der Waals surface area contributed by atoms with Gasteiger partial charge in [0.25, 0.3) is 5.91 Å². The molecule has 0 bridgehead atoms. The van der Waals surface area contributed by atoms with Crippen LogP contribution in [0.2, 0.25) is 0 Å². The Morgan fingerprint density at radius 2 is 1.91 bits per heavy atom. The molecule has 0 radical (unpaired) electrons. The molecule has 1 aliphatic heterocycles. The summed E-state index contributed by atoms with van der Waals surface area (Å²) in [5, 5.41) is 2.89. The van der Waals surface area contributed by atoms with E-state index < -0.39 is 12.5 Å². The summed E-state index contributed by atoms with van der Waals surface area (Å²) < 4.78 is 31.2. The standard InChI is InChI=1S/C22H23N3O.C2HF3O/c1-2-3-5-15-6-4-7-16(12-15)20-13-17(8-10-23-20)21-14-18-19(25-21)9-11-24-22(18)26;3-2(4,5)1-6/h4,6-8,10,12-14,25H,2-3,5,9,11H2,1H3,(H,24,26);1H. The number of nitrogens with zero attached hydrogens (tertiary/aromatic N) is 1. The largest absolute Gasteiger partial charge is 0.446 e. The van der Waals surface area contributed by atoms with Gasteiger partial charge in [-0.3, -0.25) is 14.6 Å². The molecular weight excluding hydrogens is 419 g/mol. The number of fused-ring (bicyclic) bond motifs is 1. The number of nitrogens with one attached hydrogen (secondary N) is 2. The number of H-pyrrole nitrogens is 1. The lowest BCUT2D eigenvalue weighted by atomic mass is 10.0. The van der Waals surface area contributed by atoms with Crippen molar-refractivity contribution in [1.29, 1.82) is 0 Å². The highest BCUT2D eigenvalue weighted by Crippen LogP contribution is 2.27. The van der Waals surface area contributed by atoms with Gasteiger partial charge in [-0.25, -0.2) is 0 Å². The molecule has 32 heavy (non-hydrogen) atoms. The number of carbonyl (C=O) groups excluding carboxylic acids is 2. The van der Waals surface area contributed by atoms with Crippen LogP contribution >= 0.6 is 0 Å². The summed E-state index contributed by atoms with van der Waals surface area (Å²) in [5.41, 5.74) is 7.24. The molecule has 3 aromatic rings. The molecule has 1 aromatic carbocycles. The monoisotopic (exact) mass is 443 g/mol. The van der Waals surface area contributed by atoms with Crippen LogP contribution in [-0.4, -0.2) is 34.9 Å². The maximum Gasteiger partial charge on any atom is 0.446 e. The van der Waals surface area contributed by atoms with Crippen LogP contribution < -0.4 is 5.32 Å². The van der Waals surface area contributed by atoms with Gasteiger partial charge in [0.15, 0.2) is 0 Å². The van der Waals surface area contributed by atoms with Crippen molar-refractivity contribution in [3.63, 3.8) is 0 Å². The molecule has 168 valence electrons. The van der Waals surface area contributed by atoms with Gasteiger partial charge in [-0.1, -0.05) is 31.5 Å². The molecular formula is C24H24F3N3O2. The summed E-state index contributed by atoms with van der Waals surface area (Å²) in [5.74, 6) is 0.00616. The summed E-state index contributed by atoms with van der Waals surface area (Å²) in [6.07, 6.45) is 0.479. The molecule has 3 heterocycles. The Morgan fingerprint density at radius 1 is 1.12 bits per heavy atom. The molecule has 0 unspecified atom stereocenters. The Hall–Kier alpha value is -3.42. The Morgan fingerprint density at radius 3 is 2.59 bits per heavy atom. The van der Waals surface area contributed by atoms with Gasteiger partial charge in [0, 0.05) is 41.7 Å². The van der Waals surface area contributed by atoms with Crippen LogP contribution in [0.4, 0.5) is 13.2 Å². The van der Waals surface area contributed by atoms with Crippen LogP contribution in [0.5, 0.6) is 0 Å². The van der Waals surface area contributed by atoms with E-state index in [0.717, 1.165) is 46.6 Å². The molecule has 8 heteroatoms. The Kier molecular flexibility index (Phi) is 7.45. The van der Waals surface area contributed by atoms with Crippen molar-refractivity contribution >= 4 is 12.2 Å². The molecule has 1 amide bonds. The van der Waals surface area contributed by atoms with Crippen LogP contribution in [-0.2, 0) is 17.6 Å². The third kappa shape index (κ3) is 6.06. The van der Waals surface area contributed by atoms with Gasteiger partial charge in [0.2, 0.25) is 6.29 Å². The van der Waals surface area contributed by atoms with Crippen molar-refractivity contribution in [2.45, 2.75) is 38.8 Å². The van der Waals surface area contributed by atoms with Crippen LogP contribution in [0.3, 0.4) is 0 Å². The lowest BCUT2D eigenvalue weighted by Gasteiger charge is -2.11. The minimum atomic E-state index is -4.64. The number of hydrogen-bond acceptors (Lipinski definition) is 3. The Bertz CT molecular complexity index is 1090. The van der Waals surface area contributed by atoms with Crippen molar-refractivity contribution in [2.75, 3.05) is 6.54 Å². The number of halogens is 3. The Balaban J connectivity index is 0.000000427. The number of carbonyl (C=O) groups is 2. The van der Waals surface area contributed by atoms with Gasteiger partial charge in [0.05, 0.1) is 11.3 Å². The van der Waals surface area contributed by atoms with E-state index in [1.807, 2.05) is 18.3 Å². The minimum Gasteiger partial charge on any atom is -0.358 e. The fraction of sp³-hybridized carbons (Fsp3) is 0.292. The number of aldehydes is 1. The van der Waals surface area contributed by atoms with E-state index in [4.69, 9.17) is 4.79 Å². The predicted molar refractivity (Wildman–Crippen MR) is 116 cm³/mol. The third-order valence-corrected chi connectivity index (χ3v) is 5.05. The van der Waals surface area contributed by atoms with Crippen LogP contribution in [0.1, 0.15) is 41.4 Å². The maximum absolute atomic E-state index is 12.0. The van der Waals surface area contributed by atoms with E-state index in [0.29, 0.717) is 6.54 Å². The van der Waals surface area contributed by atoms with Crippen molar-refractivity contribution in [1.82, 2.24) is 15.3 Å². The van der Waals surface area contributed by atoms with Gasteiger partial charge in [-0.2, -0.15) is 13.2 Å². The molecule has 5 nitrogen and oxygen atoms in total. The molecule has 0 fully saturated rings. The fourth-order valence-electron chi connectivity index (χ4n) is 3.47. The first-order valence-electron chi connectivity index (χ1n) is 10.4. The predicted octanol–water partition coefficient (Wildman–Crippen LogP) is 5.12. The first-order chi connectivity index (χ1) is 15.3. The van der Waals surface area contributed by atoms with Crippen molar-refractivity contribution in [3.8, 4) is 22.5 Å². The van der Waals surface area contributed by atoms with E-state index in [1.165, 1.54) is 18.4 Å². The highest BCUT2D eigenvalue weighted by molar-refractivity contribution is 5.97. The number of aryl methyl sites for hydroxylation is 1. The smallest absolute Gasteiger partial charge is 0.358 e. The molecule has 2 N–H and O–H groups in total. The average Bonchev–Trinajstić information content (AvgIpc) is 3.24. The lowest BCUT2D eigenvalue weighted by Crippen LogP contribution is -2.31. The van der Waals surface area contributed by atoms with E-state index >= 15 is 0 Å². The molecule has 2 aromatic heterocycles. The van der Waals surface area contributed by atoms with Crippen molar-refractivity contribution in [3.05, 3.63) is 65.5 Å². The van der Waals surface area contributed by atoms with Gasteiger partial charge < -0.3 is 10.3 Å². The summed E-state index contributed by atoms with van der Waals surface area (Å²) in [4.78, 5) is 28.7. The van der Waals surface area contributed by atoms with Gasteiger partial charge >= 0.3 is 6.18 Å². The second kappa shape index (κ2) is 10.3. The van der Waals surface area contributed by atoms with E-state index in [-0.39, 0.29) is 5.91 Å². The zero-order chi connectivity index (χ0) is 23.1. The number of pyridine rings is 1. The topological polar surface area (TPSA) is 74.8 Å². The number of rotatable bonds is 5. The average molecular weight is 443 g/mol. The zero-order valence-electron chi connectivity index (χ0n) is 17.6. The number of unbranched alkanes of at least 4 members (excludes halogenated alkanes) is 1. The normalized spacial score (nSPS) is 12.9. The van der Waals surface area contributed by atoms with Crippen LogP contribution in [0, 0.1) is 0 Å². The summed E-state index contributed by atoms with van der Waals surface area (Å²) in [6, 6.07) is 14.6. The summed E-state index contributed by atoms with van der Waals surface area (Å²) in [6.45, 7) is 2.91. The van der Waals surface area contributed by atoms with Crippen molar-refractivity contribution in [2.24, 2.45) is 0 Å². The second-order valence-corrected chi connectivity index (χ2v) is 7.47. The zero-order valence-corrected chi connectivity index (χ0v) is 17.6. The maximum atomic E-state index is 12.0. The number of amides is 1. The van der Waals surface area contributed by atoms with Crippen molar-refractivity contribution < 1.29 is 22.8 Å². The Labute approximate surface area is 184 Å². The highest BCUT2D eigenvalue weighted by atomic mass is 19.4. The van der Waals surface area contributed by atoms with E-state index in [2.05, 4.69) is 52.5 Å². The molecule has 0 saturated carbocycles. The number of alkyl halides is 3. The van der Waals surface area contributed by atoms with Gasteiger partial charge in [-0.05, 0) is 42.7 Å². The summed E-state index contributed by atoms with van der Waals surface area (Å²) >= 11 is 0. The second-order valence-electron chi connectivity index (χ2n) is 7.47. The highest BCUT2D eigenvalue weighted by Gasteiger charge is 2.25. The summed E-state index contributed by atoms with van der Waals surface area (Å²) in [7, 11) is 0. The minimum absolute atomic E-state index is 0.00616. The van der Waals surface area contributed by atoms with E-state index in [1.54, 1.807) is 0 Å². The van der Waals surface area contributed by atoms with Gasteiger partial charge in [0.1, 0.15) is 0 Å². The van der Waals surface area contributed by atoms with Crippen LogP contribution in [0.15, 0.2) is 48.7 Å². The number of benzene rings is 1. The molecule has 0 aliphatic carbocycles. The lowest BCUT2D eigenvalue weighted by molar-refractivity contribution is -0.156. The molecule has 1 aliphatic rings. The SMILES string of the molecule is CCCCc1cccc(-c2cc(-c3cc4c([nH]3)CCNC4=O)ccn2)c1.O=CC(F)(F)F. The van der Waals surface area contributed by atoms with Gasteiger partial charge in [-0.15, -0.1) is 0 Å². The quantitative estimate of drug-likeness (QED) is 0.538. The first-order valence-corrected chi connectivity index (χ1v) is 10.4. The van der Waals surface area contributed by atoms with E-state index in [9.17, 15) is 18.0 Å². The number of aromatic amines is 1.